The maximum absolute atomic E-state index is 12.2. The lowest BCUT2D eigenvalue weighted by Crippen LogP contribution is -2.44. The van der Waals surface area contributed by atoms with E-state index in [1.807, 2.05) is 30.3 Å². The molecule has 0 radical (unpaired) electrons. The summed E-state index contributed by atoms with van der Waals surface area (Å²) in [6.45, 7) is 0.618. The highest BCUT2D eigenvalue weighted by molar-refractivity contribution is 5.82. The summed E-state index contributed by atoms with van der Waals surface area (Å²) in [6, 6.07) is 8.70. The Morgan fingerprint density at radius 1 is 1.30 bits per heavy atom. The molecule has 106 valence electrons. The topological polar surface area (TPSA) is 89.4 Å². The van der Waals surface area contributed by atoms with Crippen molar-refractivity contribution in [2.45, 2.75) is 25.4 Å². The predicted octanol–water partition coefficient (Wildman–Crippen LogP) is 0.241. The molecular formula is C15H19N3O2. The smallest absolute Gasteiger partial charge is 0.240 e. The fraction of sp³-hybridized carbons (Fsp3) is 0.333. The monoisotopic (exact) mass is 273 g/mol. The normalized spacial score (nSPS) is 11.4. The fourth-order valence-electron chi connectivity index (χ4n) is 1.76. The highest BCUT2D eigenvalue weighted by atomic mass is 16.2. The molecule has 0 saturated carbocycles. The van der Waals surface area contributed by atoms with Crippen molar-refractivity contribution in [3.8, 4) is 12.3 Å². The average molecular weight is 273 g/mol. The molecule has 1 atom stereocenters. The summed E-state index contributed by atoms with van der Waals surface area (Å²) in [7, 11) is 0. The van der Waals surface area contributed by atoms with Gasteiger partial charge in [-0.05, 0) is 5.56 Å². The minimum Gasteiger partial charge on any atom is -0.370 e. The van der Waals surface area contributed by atoms with Crippen LogP contribution in [0.1, 0.15) is 18.4 Å². The van der Waals surface area contributed by atoms with Gasteiger partial charge >= 0.3 is 0 Å². The SMILES string of the molecule is C#CCC(N)C(=O)N(CCC(N)=O)Cc1ccccc1. The number of carbonyl (C=O) groups is 2. The molecule has 4 N–H and O–H groups in total. The number of hydrogen-bond donors (Lipinski definition) is 2. The van der Waals surface area contributed by atoms with Gasteiger partial charge in [0, 0.05) is 25.9 Å². The number of nitrogens with zero attached hydrogens (tertiary/aromatic N) is 1. The quantitative estimate of drug-likeness (QED) is 0.697. The molecule has 0 bridgehead atoms. The number of benzene rings is 1. The van der Waals surface area contributed by atoms with Crippen LogP contribution in [0.4, 0.5) is 0 Å². The zero-order chi connectivity index (χ0) is 15.0. The van der Waals surface area contributed by atoms with Crippen molar-refractivity contribution in [1.82, 2.24) is 4.90 Å². The van der Waals surface area contributed by atoms with Crippen molar-refractivity contribution < 1.29 is 9.59 Å². The van der Waals surface area contributed by atoms with Crippen molar-refractivity contribution in [3.05, 3.63) is 35.9 Å². The molecule has 0 saturated heterocycles. The molecule has 0 spiro atoms. The van der Waals surface area contributed by atoms with Crippen LogP contribution in [0.15, 0.2) is 30.3 Å². The van der Waals surface area contributed by atoms with Crippen LogP contribution in [-0.4, -0.2) is 29.3 Å². The molecule has 0 fully saturated rings. The van der Waals surface area contributed by atoms with Crippen molar-refractivity contribution in [3.63, 3.8) is 0 Å². The van der Waals surface area contributed by atoms with Crippen LogP contribution in [0.5, 0.6) is 0 Å². The molecule has 0 heterocycles. The van der Waals surface area contributed by atoms with Crippen LogP contribution in [0.25, 0.3) is 0 Å². The van der Waals surface area contributed by atoms with Crippen LogP contribution >= 0.6 is 0 Å². The molecule has 2 amide bonds. The number of primary amides is 1. The summed E-state index contributed by atoms with van der Waals surface area (Å²) < 4.78 is 0. The average Bonchev–Trinajstić information content (AvgIpc) is 2.44. The van der Waals surface area contributed by atoms with Crippen molar-refractivity contribution >= 4 is 11.8 Å². The first-order valence-corrected chi connectivity index (χ1v) is 6.34. The Labute approximate surface area is 118 Å². The maximum atomic E-state index is 12.2. The Morgan fingerprint density at radius 2 is 1.95 bits per heavy atom. The van der Waals surface area contributed by atoms with Gasteiger partial charge in [0.25, 0.3) is 0 Å². The Morgan fingerprint density at radius 3 is 2.50 bits per heavy atom. The number of nitrogens with two attached hydrogens (primary N) is 2. The van der Waals surface area contributed by atoms with E-state index < -0.39 is 11.9 Å². The molecule has 1 rings (SSSR count). The Balaban J connectivity index is 2.76. The second kappa shape index (κ2) is 7.97. The first-order valence-electron chi connectivity index (χ1n) is 6.34. The highest BCUT2D eigenvalue weighted by Crippen LogP contribution is 2.07. The minimum absolute atomic E-state index is 0.0986. The second-order valence-corrected chi connectivity index (χ2v) is 4.48. The number of rotatable bonds is 7. The van der Waals surface area contributed by atoms with E-state index in [4.69, 9.17) is 17.9 Å². The van der Waals surface area contributed by atoms with Gasteiger partial charge in [0.2, 0.25) is 11.8 Å². The Bertz CT molecular complexity index is 494. The summed E-state index contributed by atoms with van der Waals surface area (Å²) >= 11 is 0. The van der Waals surface area contributed by atoms with E-state index in [1.54, 1.807) is 0 Å². The van der Waals surface area contributed by atoms with Crippen molar-refractivity contribution in [1.29, 1.82) is 0 Å². The first kappa shape index (κ1) is 15.7. The van der Waals surface area contributed by atoms with E-state index in [2.05, 4.69) is 5.92 Å². The molecule has 1 unspecified atom stereocenters. The standard InChI is InChI=1S/C15H19N3O2/c1-2-6-13(16)15(20)18(10-9-14(17)19)11-12-7-4-3-5-8-12/h1,3-5,7-8,13H,6,9-11,16H2,(H2,17,19). The lowest BCUT2D eigenvalue weighted by atomic mass is 10.1. The van der Waals surface area contributed by atoms with E-state index >= 15 is 0 Å². The lowest BCUT2D eigenvalue weighted by Gasteiger charge is -2.25. The zero-order valence-corrected chi connectivity index (χ0v) is 11.3. The van der Waals surface area contributed by atoms with Gasteiger partial charge in [0.05, 0.1) is 6.04 Å². The van der Waals surface area contributed by atoms with E-state index in [-0.39, 0.29) is 25.3 Å². The van der Waals surface area contributed by atoms with E-state index in [1.165, 1.54) is 4.90 Å². The van der Waals surface area contributed by atoms with Gasteiger partial charge in [-0.15, -0.1) is 12.3 Å². The van der Waals surface area contributed by atoms with Crippen LogP contribution in [0, 0.1) is 12.3 Å². The van der Waals surface area contributed by atoms with Crippen LogP contribution in [-0.2, 0) is 16.1 Å². The summed E-state index contributed by atoms with van der Waals surface area (Å²) in [5.74, 6) is 1.64. The highest BCUT2D eigenvalue weighted by Gasteiger charge is 2.20. The molecule has 0 aromatic heterocycles. The van der Waals surface area contributed by atoms with Crippen molar-refractivity contribution in [2.24, 2.45) is 11.5 Å². The minimum atomic E-state index is -0.753. The Kier molecular flexibility index (Phi) is 6.27. The van der Waals surface area contributed by atoms with E-state index in [0.29, 0.717) is 6.54 Å². The molecule has 1 aromatic carbocycles. The van der Waals surface area contributed by atoms with Gasteiger partial charge in [0.15, 0.2) is 0 Å². The maximum Gasteiger partial charge on any atom is 0.240 e. The van der Waals surface area contributed by atoms with E-state index in [0.717, 1.165) is 5.56 Å². The lowest BCUT2D eigenvalue weighted by molar-refractivity contribution is -0.133. The van der Waals surface area contributed by atoms with Gasteiger partial charge in [-0.1, -0.05) is 30.3 Å². The van der Waals surface area contributed by atoms with Gasteiger partial charge in [-0.25, -0.2) is 0 Å². The number of hydrogen-bond acceptors (Lipinski definition) is 3. The molecule has 0 aliphatic carbocycles. The summed E-state index contributed by atoms with van der Waals surface area (Å²) in [6.07, 6.45) is 5.43. The van der Waals surface area contributed by atoms with Gasteiger partial charge in [-0.2, -0.15) is 0 Å². The predicted molar refractivity (Wildman–Crippen MR) is 77.1 cm³/mol. The van der Waals surface area contributed by atoms with Crippen LogP contribution in [0.3, 0.4) is 0 Å². The number of terminal acetylenes is 1. The summed E-state index contributed by atoms with van der Waals surface area (Å²) in [4.78, 5) is 24.6. The summed E-state index contributed by atoms with van der Waals surface area (Å²) in [5, 5.41) is 0. The van der Waals surface area contributed by atoms with Gasteiger partial charge in [-0.3, -0.25) is 9.59 Å². The number of carbonyl (C=O) groups excluding carboxylic acids is 2. The third kappa shape index (κ3) is 5.12. The van der Waals surface area contributed by atoms with Crippen LogP contribution < -0.4 is 11.5 Å². The summed E-state index contributed by atoms with van der Waals surface area (Å²) in [5.41, 5.74) is 11.8. The van der Waals surface area contributed by atoms with Crippen LogP contribution in [0.2, 0.25) is 0 Å². The van der Waals surface area contributed by atoms with Crippen molar-refractivity contribution in [2.75, 3.05) is 6.54 Å². The largest absolute Gasteiger partial charge is 0.370 e. The zero-order valence-electron chi connectivity index (χ0n) is 11.3. The van der Waals surface area contributed by atoms with Gasteiger partial charge < -0.3 is 16.4 Å². The number of amides is 2. The molecule has 20 heavy (non-hydrogen) atoms. The molecule has 5 heteroatoms. The molecule has 0 aliphatic heterocycles. The Hall–Kier alpha value is -2.32. The molecule has 1 aromatic rings. The first-order chi connectivity index (χ1) is 9.54. The molecular weight excluding hydrogens is 254 g/mol. The second-order valence-electron chi connectivity index (χ2n) is 4.48. The molecule has 5 nitrogen and oxygen atoms in total. The van der Waals surface area contributed by atoms with E-state index in [9.17, 15) is 9.59 Å². The van der Waals surface area contributed by atoms with Gasteiger partial charge in [0.1, 0.15) is 0 Å². The third-order valence-corrected chi connectivity index (χ3v) is 2.81. The third-order valence-electron chi connectivity index (χ3n) is 2.81. The fourth-order valence-corrected chi connectivity index (χ4v) is 1.76. The molecule has 0 aliphatic rings.